The van der Waals surface area contributed by atoms with Gasteiger partial charge in [0.25, 0.3) is 5.91 Å². The first-order valence-electron chi connectivity index (χ1n) is 8.15. The molecule has 0 aliphatic heterocycles. The fourth-order valence-electron chi connectivity index (χ4n) is 3.03. The van der Waals surface area contributed by atoms with Crippen molar-refractivity contribution in [1.29, 1.82) is 0 Å². The Morgan fingerprint density at radius 3 is 3.00 bits per heavy atom. The lowest BCUT2D eigenvalue weighted by atomic mass is 10.2. The van der Waals surface area contributed by atoms with Gasteiger partial charge in [-0.25, -0.2) is 4.98 Å². The molecule has 0 spiro atoms. The molecule has 0 fully saturated rings. The number of benzene rings is 1. The number of H-pyrrole nitrogens is 1. The Labute approximate surface area is 144 Å². The molecule has 1 aliphatic carbocycles. The Balaban J connectivity index is 1.34. The first-order valence-corrected chi connectivity index (χ1v) is 9.03. The van der Waals surface area contributed by atoms with Gasteiger partial charge in [0.15, 0.2) is 5.69 Å². The van der Waals surface area contributed by atoms with Crippen molar-refractivity contribution < 1.29 is 4.79 Å². The molecule has 5 nitrogen and oxygen atoms in total. The zero-order valence-electron chi connectivity index (χ0n) is 13.2. The van der Waals surface area contributed by atoms with E-state index in [0.717, 1.165) is 53.2 Å². The molecule has 1 aliphatic rings. The highest BCUT2D eigenvalue weighted by atomic mass is 32.1. The zero-order valence-corrected chi connectivity index (χ0v) is 14.0. The highest BCUT2D eigenvalue weighted by molar-refractivity contribution is 7.13. The van der Waals surface area contributed by atoms with Crippen LogP contribution in [0, 0.1) is 0 Å². The molecule has 0 bridgehead atoms. The number of aromatic amines is 1. The molecule has 6 heteroatoms. The summed E-state index contributed by atoms with van der Waals surface area (Å²) >= 11 is 1.63. The number of nitrogens with zero attached hydrogens (tertiary/aromatic N) is 2. The quantitative estimate of drug-likeness (QED) is 0.751. The first kappa shape index (κ1) is 15.1. The Morgan fingerprint density at radius 2 is 2.12 bits per heavy atom. The maximum atomic E-state index is 12.3. The van der Waals surface area contributed by atoms with E-state index in [2.05, 4.69) is 38.0 Å². The average Bonchev–Trinajstić information content (AvgIpc) is 3.32. The third-order valence-corrected chi connectivity index (χ3v) is 5.20. The minimum absolute atomic E-state index is 0.0899. The van der Waals surface area contributed by atoms with E-state index in [0.29, 0.717) is 12.2 Å². The summed E-state index contributed by atoms with van der Waals surface area (Å²) < 4.78 is 0. The number of thiazole rings is 1. The number of carbonyl (C=O) groups excluding carboxylic acids is 1. The van der Waals surface area contributed by atoms with E-state index in [1.807, 2.05) is 18.2 Å². The zero-order chi connectivity index (χ0) is 16.4. The Bertz CT molecular complexity index is 853. The van der Waals surface area contributed by atoms with Gasteiger partial charge in [0.2, 0.25) is 0 Å². The average molecular weight is 338 g/mol. The molecule has 2 aromatic heterocycles. The van der Waals surface area contributed by atoms with Crippen molar-refractivity contribution in [3.05, 3.63) is 58.4 Å². The van der Waals surface area contributed by atoms with E-state index in [1.165, 1.54) is 0 Å². The standard InChI is InChI=1S/C18H18N4OS/c23-17(16-14-7-4-8-15(14)21-22-16)19-10-9-13-11-24-18(20-13)12-5-2-1-3-6-12/h1-3,5-6,11H,4,7-10H2,(H,19,23)(H,21,22). The van der Waals surface area contributed by atoms with Crippen molar-refractivity contribution in [1.82, 2.24) is 20.5 Å². The normalized spacial score (nSPS) is 13.0. The first-order chi connectivity index (χ1) is 11.8. The Morgan fingerprint density at radius 1 is 1.25 bits per heavy atom. The molecule has 3 aromatic rings. The topological polar surface area (TPSA) is 70.7 Å². The van der Waals surface area contributed by atoms with E-state index in [9.17, 15) is 4.79 Å². The second-order valence-corrected chi connectivity index (χ2v) is 6.76. The van der Waals surface area contributed by atoms with E-state index in [1.54, 1.807) is 11.3 Å². The van der Waals surface area contributed by atoms with Crippen molar-refractivity contribution in [2.45, 2.75) is 25.7 Å². The van der Waals surface area contributed by atoms with Crippen LogP contribution in [-0.4, -0.2) is 27.6 Å². The minimum atomic E-state index is -0.0899. The van der Waals surface area contributed by atoms with Gasteiger partial charge in [0, 0.05) is 35.2 Å². The molecule has 1 aromatic carbocycles. The lowest BCUT2D eigenvalue weighted by Crippen LogP contribution is -2.27. The molecule has 0 atom stereocenters. The van der Waals surface area contributed by atoms with Crippen molar-refractivity contribution in [3.8, 4) is 10.6 Å². The molecule has 2 heterocycles. The summed E-state index contributed by atoms with van der Waals surface area (Å²) in [7, 11) is 0. The molecule has 24 heavy (non-hydrogen) atoms. The van der Waals surface area contributed by atoms with Gasteiger partial charge in [-0.05, 0) is 19.3 Å². The number of aryl methyl sites for hydroxylation is 1. The smallest absolute Gasteiger partial charge is 0.272 e. The van der Waals surface area contributed by atoms with E-state index >= 15 is 0 Å². The fourth-order valence-corrected chi connectivity index (χ4v) is 3.89. The fraction of sp³-hybridized carbons (Fsp3) is 0.278. The second-order valence-electron chi connectivity index (χ2n) is 5.90. The maximum absolute atomic E-state index is 12.3. The van der Waals surface area contributed by atoms with Crippen molar-refractivity contribution >= 4 is 17.2 Å². The highest BCUT2D eigenvalue weighted by Crippen LogP contribution is 2.24. The van der Waals surface area contributed by atoms with Gasteiger partial charge < -0.3 is 5.32 Å². The SMILES string of the molecule is O=C(NCCc1csc(-c2ccccc2)n1)c1n[nH]c2c1CCC2. The van der Waals surface area contributed by atoms with Crippen LogP contribution < -0.4 is 5.32 Å². The number of hydrogen-bond acceptors (Lipinski definition) is 4. The number of rotatable bonds is 5. The molecular weight excluding hydrogens is 320 g/mol. The molecule has 0 saturated carbocycles. The van der Waals surface area contributed by atoms with Crippen LogP contribution in [0.2, 0.25) is 0 Å². The highest BCUT2D eigenvalue weighted by Gasteiger charge is 2.22. The van der Waals surface area contributed by atoms with Crippen molar-refractivity contribution in [2.24, 2.45) is 0 Å². The predicted molar refractivity (Wildman–Crippen MR) is 94.2 cm³/mol. The molecule has 122 valence electrons. The molecule has 0 saturated heterocycles. The van der Waals surface area contributed by atoms with Gasteiger partial charge in [-0.1, -0.05) is 30.3 Å². The number of nitrogens with one attached hydrogen (secondary N) is 2. The van der Waals surface area contributed by atoms with Crippen LogP contribution in [-0.2, 0) is 19.3 Å². The largest absolute Gasteiger partial charge is 0.350 e. The van der Waals surface area contributed by atoms with Gasteiger partial charge >= 0.3 is 0 Å². The van der Waals surface area contributed by atoms with Gasteiger partial charge in [-0.2, -0.15) is 5.10 Å². The molecule has 2 N–H and O–H groups in total. The van der Waals surface area contributed by atoms with E-state index in [4.69, 9.17) is 0 Å². The predicted octanol–water partition coefficient (Wildman–Crippen LogP) is 2.99. The monoisotopic (exact) mass is 338 g/mol. The summed E-state index contributed by atoms with van der Waals surface area (Å²) in [5.41, 5.74) is 4.90. The molecule has 1 amide bonds. The lowest BCUT2D eigenvalue weighted by molar-refractivity contribution is 0.0948. The number of carbonyl (C=O) groups is 1. The third kappa shape index (κ3) is 2.97. The van der Waals surface area contributed by atoms with Gasteiger partial charge in [-0.15, -0.1) is 11.3 Å². The van der Waals surface area contributed by atoms with Crippen LogP contribution >= 0.6 is 11.3 Å². The molecular formula is C18H18N4OS. The summed E-state index contributed by atoms with van der Waals surface area (Å²) in [5.74, 6) is -0.0899. The number of aromatic nitrogens is 3. The van der Waals surface area contributed by atoms with Crippen LogP contribution in [0.3, 0.4) is 0 Å². The Kier molecular flexibility index (Phi) is 4.13. The second kappa shape index (κ2) is 6.57. The summed E-state index contributed by atoms with van der Waals surface area (Å²) in [5, 5.41) is 13.2. The summed E-state index contributed by atoms with van der Waals surface area (Å²) in [6.45, 7) is 0.568. The number of amides is 1. The Hall–Kier alpha value is -2.47. The summed E-state index contributed by atoms with van der Waals surface area (Å²) in [4.78, 5) is 16.9. The minimum Gasteiger partial charge on any atom is -0.350 e. The molecule has 0 unspecified atom stereocenters. The number of fused-ring (bicyclic) bond motifs is 1. The van der Waals surface area contributed by atoms with Gasteiger partial charge in [0.1, 0.15) is 5.01 Å². The van der Waals surface area contributed by atoms with Crippen LogP contribution in [0.4, 0.5) is 0 Å². The van der Waals surface area contributed by atoms with Crippen LogP contribution in [0.15, 0.2) is 35.7 Å². The van der Waals surface area contributed by atoms with E-state index in [-0.39, 0.29) is 5.91 Å². The van der Waals surface area contributed by atoms with Gasteiger partial charge in [-0.3, -0.25) is 9.89 Å². The van der Waals surface area contributed by atoms with Crippen molar-refractivity contribution in [3.63, 3.8) is 0 Å². The lowest BCUT2D eigenvalue weighted by Gasteiger charge is -2.03. The van der Waals surface area contributed by atoms with Crippen LogP contribution in [0.1, 0.15) is 33.9 Å². The third-order valence-electron chi connectivity index (χ3n) is 4.26. The van der Waals surface area contributed by atoms with E-state index < -0.39 is 0 Å². The van der Waals surface area contributed by atoms with Crippen LogP contribution in [0.5, 0.6) is 0 Å². The van der Waals surface area contributed by atoms with Crippen LogP contribution in [0.25, 0.3) is 10.6 Å². The number of hydrogen-bond donors (Lipinski definition) is 2. The maximum Gasteiger partial charge on any atom is 0.272 e. The summed E-state index contributed by atoms with van der Waals surface area (Å²) in [6, 6.07) is 10.1. The summed E-state index contributed by atoms with van der Waals surface area (Å²) in [6.07, 6.45) is 3.77. The van der Waals surface area contributed by atoms with Gasteiger partial charge in [0.05, 0.1) is 5.69 Å². The molecule has 0 radical (unpaired) electrons. The molecule has 4 rings (SSSR count). The van der Waals surface area contributed by atoms with Crippen molar-refractivity contribution in [2.75, 3.05) is 6.54 Å².